The highest BCUT2D eigenvalue weighted by molar-refractivity contribution is 5.66. The quantitative estimate of drug-likeness (QED) is 0.722. The second-order valence-electron chi connectivity index (χ2n) is 6.80. The SMILES string of the molecule is CCn1c2[n+](c(O)c(-c3ccccc3)c1=O)CCN2Cc1ccc(C)nc1. The van der Waals surface area contributed by atoms with E-state index in [0.29, 0.717) is 25.2 Å². The fraction of sp³-hybridized carbons (Fsp3) is 0.286. The van der Waals surface area contributed by atoms with Crippen LogP contribution in [0.3, 0.4) is 0 Å². The standard InChI is InChI=1S/C21H22N4O2/c1-3-24-19(26)18(17-7-5-4-6-8-17)20(27)25-12-11-23(21(24)25)14-16-10-9-15(2)22-13-16/h4-10,13H,3,11-12,14H2,1-2H3/p+1. The van der Waals surface area contributed by atoms with Crippen molar-refractivity contribution in [3.8, 4) is 17.0 Å². The van der Waals surface area contributed by atoms with Crippen LogP contribution in [0, 0.1) is 6.92 Å². The van der Waals surface area contributed by atoms with Crippen LogP contribution in [0.25, 0.3) is 11.1 Å². The monoisotopic (exact) mass is 363 g/mol. The second-order valence-corrected chi connectivity index (χ2v) is 6.80. The van der Waals surface area contributed by atoms with Crippen molar-refractivity contribution in [3.05, 3.63) is 70.3 Å². The van der Waals surface area contributed by atoms with Gasteiger partial charge in [0.05, 0.1) is 19.6 Å². The maximum atomic E-state index is 13.2. The summed E-state index contributed by atoms with van der Waals surface area (Å²) in [4.78, 5) is 19.7. The van der Waals surface area contributed by atoms with Gasteiger partial charge >= 0.3 is 11.5 Å². The smallest absolute Gasteiger partial charge is 0.366 e. The van der Waals surface area contributed by atoms with Crippen LogP contribution >= 0.6 is 0 Å². The molecule has 1 aliphatic rings. The summed E-state index contributed by atoms with van der Waals surface area (Å²) in [5.41, 5.74) is 2.99. The number of hydrogen-bond acceptors (Lipinski definition) is 4. The Hall–Kier alpha value is -3.15. The molecule has 27 heavy (non-hydrogen) atoms. The lowest BCUT2D eigenvalue weighted by atomic mass is 10.1. The molecule has 0 amide bonds. The Morgan fingerprint density at radius 2 is 1.96 bits per heavy atom. The number of fused-ring (bicyclic) bond motifs is 1. The Morgan fingerprint density at radius 1 is 1.19 bits per heavy atom. The summed E-state index contributed by atoms with van der Waals surface area (Å²) in [5.74, 6) is 0.788. The molecule has 0 saturated carbocycles. The molecule has 6 heteroatoms. The molecule has 0 radical (unpaired) electrons. The molecule has 2 aromatic heterocycles. The first-order valence-corrected chi connectivity index (χ1v) is 9.21. The van der Waals surface area contributed by atoms with E-state index in [4.69, 9.17) is 0 Å². The Balaban J connectivity index is 1.82. The first kappa shape index (κ1) is 17.3. The zero-order valence-corrected chi connectivity index (χ0v) is 15.6. The molecule has 1 aliphatic heterocycles. The van der Waals surface area contributed by atoms with E-state index in [-0.39, 0.29) is 11.4 Å². The average Bonchev–Trinajstić information content (AvgIpc) is 3.09. The molecular formula is C21H23N4O2+. The van der Waals surface area contributed by atoms with Crippen LogP contribution in [0.15, 0.2) is 53.5 Å². The number of benzene rings is 1. The summed E-state index contributed by atoms with van der Waals surface area (Å²) in [7, 11) is 0. The van der Waals surface area contributed by atoms with E-state index in [9.17, 15) is 9.90 Å². The van der Waals surface area contributed by atoms with E-state index in [1.807, 2.05) is 61.0 Å². The molecule has 0 spiro atoms. The molecular weight excluding hydrogens is 340 g/mol. The predicted molar refractivity (Wildman–Crippen MR) is 104 cm³/mol. The molecule has 3 aromatic rings. The lowest BCUT2D eigenvalue weighted by Crippen LogP contribution is -2.41. The number of nitrogens with zero attached hydrogens (tertiary/aromatic N) is 4. The Morgan fingerprint density at radius 3 is 2.63 bits per heavy atom. The third kappa shape index (κ3) is 2.97. The van der Waals surface area contributed by atoms with Crippen molar-refractivity contribution in [2.24, 2.45) is 0 Å². The third-order valence-electron chi connectivity index (χ3n) is 5.02. The van der Waals surface area contributed by atoms with Crippen LogP contribution in [-0.2, 0) is 19.6 Å². The molecule has 0 bridgehead atoms. The highest BCUT2D eigenvalue weighted by Crippen LogP contribution is 2.27. The van der Waals surface area contributed by atoms with Crippen LogP contribution < -0.4 is 15.0 Å². The van der Waals surface area contributed by atoms with Crippen LogP contribution in [0.1, 0.15) is 18.2 Å². The van der Waals surface area contributed by atoms with E-state index in [1.165, 1.54) is 0 Å². The van der Waals surface area contributed by atoms with Crippen molar-refractivity contribution in [1.29, 1.82) is 0 Å². The zero-order valence-electron chi connectivity index (χ0n) is 15.6. The first-order chi connectivity index (χ1) is 13.1. The molecule has 0 fully saturated rings. The summed E-state index contributed by atoms with van der Waals surface area (Å²) >= 11 is 0. The van der Waals surface area contributed by atoms with Crippen LogP contribution in [0.4, 0.5) is 5.95 Å². The van der Waals surface area contributed by atoms with Crippen LogP contribution in [-0.4, -0.2) is 21.2 Å². The van der Waals surface area contributed by atoms with Crippen molar-refractivity contribution < 1.29 is 9.67 Å². The fourth-order valence-corrected chi connectivity index (χ4v) is 3.67. The average molecular weight is 363 g/mol. The topological polar surface area (TPSA) is 62.2 Å². The molecule has 0 unspecified atom stereocenters. The van der Waals surface area contributed by atoms with E-state index in [1.54, 1.807) is 4.57 Å². The highest BCUT2D eigenvalue weighted by Gasteiger charge is 2.36. The van der Waals surface area contributed by atoms with Crippen molar-refractivity contribution in [3.63, 3.8) is 0 Å². The molecule has 4 rings (SSSR count). The number of rotatable bonds is 4. The molecule has 0 saturated heterocycles. The molecule has 0 atom stereocenters. The highest BCUT2D eigenvalue weighted by atomic mass is 16.3. The molecule has 1 aromatic carbocycles. The number of aromatic nitrogens is 3. The Labute approximate surface area is 158 Å². The van der Waals surface area contributed by atoms with Gasteiger partial charge in [0.1, 0.15) is 12.1 Å². The van der Waals surface area contributed by atoms with Gasteiger partial charge in [-0.05, 0) is 25.5 Å². The van der Waals surface area contributed by atoms with E-state index in [2.05, 4.69) is 16.0 Å². The Kier molecular flexibility index (Phi) is 4.39. The summed E-state index contributed by atoms with van der Waals surface area (Å²) < 4.78 is 3.59. The minimum Gasteiger partial charge on any atom is -0.483 e. The maximum absolute atomic E-state index is 13.2. The molecule has 1 N–H and O–H groups in total. The summed E-state index contributed by atoms with van der Waals surface area (Å²) in [6.45, 7) is 6.48. The lowest BCUT2D eigenvalue weighted by Gasteiger charge is -2.16. The summed E-state index contributed by atoms with van der Waals surface area (Å²) in [6, 6.07) is 13.4. The fourth-order valence-electron chi connectivity index (χ4n) is 3.67. The number of aryl methyl sites for hydroxylation is 1. The molecule has 138 valence electrons. The van der Waals surface area contributed by atoms with Gasteiger partial charge in [0.2, 0.25) is 0 Å². The van der Waals surface area contributed by atoms with Crippen molar-refractivity contribution in [2.75, 3.05) is 11.4 Å². The largest absolute Gasteiger partial charge is 0.483 e. The third-order valence-corrected chi connectivity index (χ3v) is 5.02. The van der Waals surface area contributed by atoms with Gasteiger partial charge in [-0.25, -0.2) is 4.79 Å². The van der Waals surface area contributed by atoms with Gasteiger partial charge in [0.25, 0.3) is 5.88 Å². The van der Waals surface area contributed by atoms with E-state index >= 15 is 0 Å². The van der Waals surface area contributed by atoms with Gasteiger partial charge in [-0.3, -0.25) is 9.88 Å². The van der Waals surface area contributed by atoms with Crippen molar-refractivity contribution in [1.82, 2.24) is 9.55 Å². The first-order valence-electron chi connectivity index (χ1n) is 9.21. The normalized spacial score (nSPS) is 13.0. The minimum atomic E-state index is -0.165. The van der Waals surface area contributed by atoms with E-state index in [0.717, 1.165) is 29.3 Å². The van der Waals surface area contributed by atoms with Crippen molar-refractivity contribution in [2.45, 2.75) is 33.5 Å². The molecule has 3 heterocycles. The molecule has 0 aliphatic carbocycles. The minimum absolute atomic E-state index is 0.0374. The van der Waals surface area contributed by atoms with Gasteiger partial charge < -0.3 is 5.11 Å². The summed E-state index contributed by atoms with van der Waals surface area (Å²) in [5, 5.41) is 10.9. The van der Waals surface area contributed by atoms with Crippen molar-refractivity contribution >= 4 is 5.95 Å². The van der Waals surface area contributed by atoms with Crippen LogP contribution in [0.2, 0.25) is 0 Å². The number of pyridine rings is 1. The number of anilines is 1. The summed E-state index contributed by atoms with van der Waals surface area (Å²) in [6.07, 6.45) is 1.87. The maximum Gasteiger partial charge on any atom is 0.366 e. The second kappa shape index (κ2) is 6.87. The molecule has 6 nitrogen and oxygen atoms in total. The van der Waals surface area contributed by atoms with Gasteiger partial charge in [-0.2, -0.15) is 9.13 Å². The number of hydrogen-bond donors (Lipinski definition) is 1. The van der Waals surface area contributed by atoms with Gasteiger partial charge in [-0.15, -0.1) is 0 Å². The van der Waals surface area contributed by atoms with Gasteiger partial charge in [-0.1, -0.05) is 36.4 Å². The lowest BCUT2D eigenvalue weighted by molar-refractivity contribution is -0.680. The predicted octanol–water partition coefficient (Wildman–Crippen LogP) is 2.25. The number of aromatic hydroxyl groups is 1. The van der Waals surface area contributed by atoms with Gasteiger partial charge in [0, 0.05) is 17.5 Å². The zero-order chi connectivity index (χ0) is 19.0. The van der Waals surface area contributed by atoms with Gasteiger partial charge in [0.15, 0.2) is 0 Å². The van der Waals surface area contributed by atoms with E-state index < -0.39 is 0 Å². The van der Waals surface area contributed by atoms with Crippen LogP contribution in [0.5, 0.6) is 5.88 Å². The Bertz CT molecular complexity index is 1030.